The van der Waals surface area contributed by atoms with E-state index in [-0.39, 0.29) is 30.0 Å². The van der Waals surface area contributed by atoms with Crippen LogP contribution in [-0.2, 0) is 28.7 Å². The van der Waals surface area contributed by atoms with E-state index in [0.29, 0.717) is 50.6 Å². The van der Waals surface area contributed by atoms with Crippen molar-refractivity contribution in [3.63, 3.8) is 0 Å². The van der Waals surface area contributed by atoms with Crippen LogP contribution in [0.5, 0.6) is 0 Å². The van der Waals surface area contributed by atoms with E-state index in [1.165, 1.54) is 13.0 Å². The third kappa shape index (κ3) is 7.22. The monoisotopic (exact) mass is 557 g/mol. The van der Waals surface area contributed by atoms with Crippen LogP contribution in [-0.4, -0.2) is 53.2 Å². The highest BCUT2D eigenvalue weighted by atomic mass is 19.4. The summed E-state index contributed by atoms with van der Waals surface area (Å²) in [7, 11) is 1.58. The van der Waals surface area contributed by atoms with E-state index in [4.69, 9.17) is 16.2 Å². The Morgan fingerprint density at radius 3 is 2.55 bits per heavy atom. The summed E-state index contributed by atoms with van der Waals surface area (Å²) >= 11 is 0. The third-order valence-electron chi connectivity index (χ3n) is 7.63. The van der Waals surface area contributed by atoms with Crippen molar-refractivity contribution in [1.82, 2.24) is 14.5 Å². The molecule has 1 aromatic carbocycles. The van der Waals surface area contributed by atoms with E-state index in [9.17, 15) is 18.0 Å². The molecule has 1 aliphatic heterocycles. The molecule has 216 valence electrons. The standard InChI is InChI=1S/C30H38F3N5O2/c1-20-26(30(31,32)33)17-27(38(20)13-4-14-40-2)24-5-3-12-37(19-24)29(39)16-25(34)15-21-6-8-22(9-7-21)23-10-11-28(35)36-18-23/h6-11,17-18,24-25H,3-5,12-16,19,34H2,1-2H3,(H2,35,36). The molecule has 0 bridgehead atoms. The molecule has 2 aromatic heterocycles. The minimum absolute atomic E-state index is 0.0629. The van der Waals surface area contributed by atoms with Gasteiger partial charge in [0.05, 0.1) is 5.56 Å². The van der Waals surface area contributed by atoms with Crippen LogP contribution in [0.1, 0.15) is 54.1 Å². The van der Waals surface area contributed by atoms with Crippen molar-refractivity contribution in [2.45, 2.75) is 63.7 Å². The third-order valence-corrected chi connectivity index (χ3v) is 7.63. The predicted octanol–water partition coefficient (Wildman–Crippen LogP) is 5.16. The smallest absolute Gasteiger partial charge is 0.385 e. The molecular formula is C30H38F3N5O2. The summed E-state index contributed by atoms with van der Waals surface area (Å²) in [6, 6.07) is 12.5. The topological polar surface area (TPSA) is 99.4 Å². The molecule has 10 heteroatoms. The van der Waals surface area contributed by atoms with Gasteiger partial charge in [-0.3, -0.25) is 4.79 Å². The minimum Gasteiger partial charge on any atom is -0.385 e. The van der Waals surface area contributed by atoms with E-state index in [1.54, 1.807) is 28.8 Å². The van der Waals surface area contributed by atoms with Crippen LogP contribution in [0.2, 0.25) is 0 Å². The molecule has 0 spiro atoms. The number of hydrogen-bond acceptors (Lipinski definition) is 5. The average Bonchev–Trinajstić information content (AvgIpc) is 3.26. The second kappa shape index (κ2) is 12.9. The molecule has 2 unspecified atom stereocenters. The van der Waals surface area contributed by atoms with Gasteiger partial charge in [-0.15, -0.1) is 0 Å². The maximum atomic E-state index is 13.7. The van der Waals surface area contributed by atoms with Crippen LogP contribution in [0.25, 0.3) is 11.1 Å². The van der Waals surface area contributed by atoms with E-state index in [2.05, 4.69) is 4.98 Å². The zero-order valence-electron chi connectivity index (χ0n) is 23.1. The number of methoxy groups -OCH3 is 1. The van der Waals surface area contributed by atoms with Crippen LogP contribution in [0.15, 0.2) is 48.7 Å². The molecular weight excluding hydrogens is 519 g/mol. The summed E-state index contributed by atoms with van der Waals surface area (Å²) in [4.78, 5) is 19.1. The van der Waals surface area contributed by atoms with Crippen molar-refractivity contribution in [3.8, 4) is 11.1 Å². The first-order valence-corrected chi connectivity index (χ1v) is 13.7. The number of nitrogens with zero attached hydrogens (tertiary/aromatic N) is 3. The fraction of sp³-hybridized carbons (Fsp3) is 0.467. The number of amides is 1. The minimum atomic E-state index is -4.42. The summed E-state index contributed by atoms with van der Waals surface area (Å²) < 4.78 is 48.0. The number of anilines is 1. The SMILES string of the molecule is COCCCn1c(C2CCCN(C(=O)CC(N)Cc3ccc(-c4ccc(N)nc4)cc3)C2)cc(C(F)(F)F)c1C. The Morgan fingerprint density at radius 1 is 1.18 bits per heavy atom. The van der Waals surface area contributed by atoms with Gasteiger partial charge in [-0.25, -0.2) is 4.98 Å². The van der Waals surface area contributed by atoms with E-state index >= 15 is 0 Å². The lowest BCUT2D eigenvalue weighted by atomic mass is 9.93. The van der Waals surface area contributed by atoms with Crippen molar-refractivity contribution in [3.05, 3.63) is 71.2 Å². The number of nitrogen functional groups attached to an aromatic ring is 1. The van der Waals surface area contributed by atoms with Gasteiger partial charge in [0.15, 0.2) is 0 Å². The molecule has 4 N–H and O–H groups in total. The molecule has 7 nitrogen and oxygen atoms in total. The van der Waals surface area contributed by atoms with Crippen LogP contribution in [0.3, 0.4) is 0 Å². The Labute approximate surface area is 233 Å². The van der Waals surface area contributed by atoms with Crippen molar-refractivity contribution in [1.29, 1.82) is 0 Å². The van der Waals surface area contributed by atoms with Crippen LogP contribution < -0.4 is 11.5 Å². The second-order valence-electron chi connectivity index (χ2n) is 10.6. The quantitative estimate of drug-likeness (QED) is 0.336. The summed E-state index contributed by atoms with van der Waals surface area (Å²) in [6.45, 7) is 3.40. The molecule has 4 rings (SSSR count). The Kier molecular flexibility index (Phi) is 9.52. The van der Waals surface area contributed by atoms with Crippen LogP contribution >= 0.6 is 0 Å². The number of hydrogen-bond donors (Lipinski definition) is 2. The number of aromatic nitrogens is 2. The maximum Gasteiger partial charge on any atom is 0.418 e. The molecule has 0 radical (unpaired) electrons. The summed E-state index contributed by atoms with van der Waals surface area (Å²) in [5.74, 6) is 0.238. The number of carbonyl (C=O) groups is 1. The second-order valence-corrected chi connectivity index (χ2v) is 10.6. The van der Waals surface area contributed by atoms with Crippen molar-refractivity contribution in [2.75, 3.05) is 32.5 Å². The van der Waals surface area contributed by atoms with Gasteiger partial charge in [0.1, 0.15) is 5.82 Å². The highest BCUT2D eigenvalue weighted by Gasteiger charge is 2.37. The number of alkyl halides is 3. The number of rotatable bonds is 10. The largest absolute Gasteiger partial charge is 0.418 e. The van der Waals surface area contributed by atoms with Gasteiger partial charge in [0, 0.05) is 74.9 Å². The van der Waals surface area contributed by atoms with Gasteiger partial charge in [-0.1, -0.05) is 24.3 Å². The van der Waals surface area contributed by atoms with Gasteiger partial charge in [0.2, 0.25) is 5.91 Å². The molecule has 1 amide bonds. The van der Waals surface area contributed by atoms with Crippen LogP contribution in [0, 0.1) is 6.92 Å². The van der Waals surface area contributed by atoms with Gasteiger partial charge in [-0.05, 0) is 61.9 Å². The molecule has 0 saturated carbocycles. The first kappa shape index (κ1) is 29.6. The first-order valence-electron chi connectivity index (χ1n) is 13.7. The van der Waals surface area contributed by atoms with Crippen molar-refractivity contribution in [2.24, 2.45) is 5.73 Å². The fourth-order valence-corrected chi connectivity index (χ4v) is 5.54. The summed E-state index contributed by atoms with van der Waals surface area (Å²) in [5.41, 5.74) is 15.3. The molecule has 3 heterocycles. The van der Waals surface area contributed by atoms with Gasteiger partial charge < -0.3 is 25.7 Å². The normalized spacial score (nSPS) is 16.8. The molecule has 0 aliphatic carbocycles. The van der Waals surface area contributed by atoms with E-state index in [0.717, 1.165) is 29.5 Å². The fourth-order valence-electron chi connectivity index (χ4n) is 5.54. The lowest BCUT2D eigenvalue weighted by Gasteiger charge is -2.34. The number of ether oxygens (including phenoxy) is 1. The highest BCUT2D eigenvalue weighted by Crippen LogP contribution is 2.38. The molecule has 3 aromatic rings. The predicted molar refractivity (Wildman–Crippen MR) is 150 cm³/mol. The highest BCUT2D eigenvalue weighted by molar-refractivity contribution is 5.77. The molecule has 1 saturated heterocycles. The Bertz CT molecular complexity index is 1270. The molecule has 2 atom stereocenters. The maximum absolute atomic E-state index is 13.7. The van der Waals surface area contributed by atoms with Gasteiger partial charge >= 0.3 is 6.18 Å². The number of halogens is 3. The van der Waals surface area contributed by atoms with Gasteiger partial charge in [0.25, 0.3) is 0 Å². The van der Waals surface area contributed by atoms with E-state index < -0.39 is 11.7 Å². The first-order chi connectivity index (χ1) is 19.1. The summed E-state index contributed by atoms with van der Waals surface area (Å²) in [5, 5.41) is 0. The number of carbonyl (C=O) groups excluding carboxylic acids is 1. The lowest BCUT2D eigenvalue weighted by Crippen LogP contribution is -2.42. The number of nitrogens with two attached hydrogens (primary N) is 2. The molecule has 1 fully saturated rings. The number of pyridine rings is 1. The van der Waals surface area contributed by atoms with Crippen molar-refractivity contribution < 1.29 is 22.7 Å². The zero-order valence-corrected chi connectivity index (χ0v) is 23.1. The van der Waals surface area contributed by atoms with Gasteiger partial charge in [-0.2, -0.15) is 13.2 Å². The average molecular weight is 558 g/mol. The Morgan fingerprint density at radius 2 is 1.90 bits per heavy atom. The zero-order chi connectivity index (χ0) is 28.9. The Hall–Kier alpha value is -3.37. The number of likely N-dealkylation sites (tertiary alicyclic amines) is 1. The summed E-state index contributed by atoms with van der Waals surface area (Å²) in [6.07, 6.45) is 0.0958. The Balaban J connectivity index is 1.39. The van der Waals surface area contributed by atoms with E-state index in [1.807, 2.05) is 30.3 Å². The molecule has 1 aliphatic rings. The van der Waals surface area contributed by atoms with Crippen LogP contribution in [0.4, 0.5) is 19.0 Å². The lowest BCUT2D eigenvalue weighted by molar-refractivity contribution is -0.138. The number of benzene rings is 1. The molecule has 40 heavy (non-hydrogen) atoms. The van der Waals surface area contributed by atoms with Crippen molar-refractivity contribution >= 4 is 11.7 Å². The number of piperidine rings is 1.